The Bertz CT molecular complexity index is 687. The number of carbonyl (C=O) groups is 2. The lowest BCUT2D eigenvalue weighted by Gasteiger charge is -2.47. The molecule has 1 aromatic carbocycles. The maximum atomic E-state index is 12.8. The minimum absolute atomic E-state index is 0.155. The summed E-state index contributed by atoms with van der Waals surface area (Å²) in [5.41, 5.74) is 3.87. The number of carbonyl (C=O) groups excluding carboxylic acids is 2. The van der Waals surface area contributed by atoms with Gasteiger partial charge in [-0.1, -0.05) is 23.8 Å². The second-order valence-corrected chi connectivity index (χ2v) is 7.40. The van der Waals surface area contributed by atoms with Gasteiger partial charge in [-0.15, -0.1) is 0 Å². The SMILES string of the molecule is Cc1ccc(CN2CCN3C(=O)[C@@H]4CCCN4C(=O)[C@H]3C2)c(C)c1. The average Bonchev–Trinajstić information content (AvgIpc) is 3.05. The fourth-order valence-electron chi connectivity index (χ4n) is 4.39. The normalized spacial score (nSPS) is 27.4. The van der Waals surface area contributed by atoms with Crippen LogP contribution in [-0.2, 0) is 16.1 Å². The third kappa shape index (κ3) is 2.51. The molecule has 0 bridgehead atoms. The molecule has 3 aliphatic rings. The van der Waals surface area contributed by atoms with Gasteiger partial charge in [-0.3, -0.25) is 14.5 Å². The highest BCUT2D eigenvalue weighted by molar-refractivity contribution is 5.97. The molecule has 3 aliphatic heterocycles. The zero-order valence-electron chi connectivity index (χ0n) is 14.5. The summed E-state index contributed by atoms with van der Waals surface area (Å²) in [6.07, 6.45) is 1.79. The summed E-state index contributed by atoms with van der Waals surface area (Å²) in [4.78, 5) is 31.4. The molecule has 5 heteroatoms. The second kappa shape index (κ2) is 5.88. The minimum Gasteiger partial charge on any atom is -0.329 e. The quantitative estimate of drug-likeness (QED) is 0.823. The van der Waals surface area contributed by atoms with Crippen molar-refractivity contribution in [3.05, 3.63) is 34.9 Å². The van der Waals surface area contributed by atoms with Crippen molar-refractivity contribution >= 4 is 11.8 Å². The predicted octanol–water partition coefficient (Wildman–Crippen LogP) is 1.32. The molecule has 3 fully saturated rings. The number of fused-ring (bicyclic) bond motifs is 2. The highest BCUT2D eigenvalue weighted by Gasteiger charge is 2.49. The van der Waals surface area contributed by atoms with E-state index in [4.69, 9.17) is 0 Å². The summed E-state index contributed by atoms with van der Waals surface area (Å²) in [5.74, 6) is 0.325. The zero-order chi connectivity index (χ0) is 16.8. The van der Waals surface area contributed by atoms with Crippen molar-refractivity contribution in [2.45, 2.75) is 45.3 Å². The van der Waals surface area contributed by atoms with E-state index < -0.39 is 0 Å². The monoisotopic (exact) mass is 327 g/mol. The molecular formula is C19H25N3O2. The summed E-state index contributed by atoms with van der Waals surface area (Å²) >= 11 is 0. The third-order valence-corrected chi connectivity index (χ3v) is 5.75. The van der Waals surface area contributed by atoms with Crippen LogP contribution in [0.3, 0.4) is 0 Å². The average molecular weight is 327 g/mol. The highest BCUT2D eigenvalue weighted by atomic mass is 16.2. The van der Waals surface area contributed by atoms with Crippen molar-refractivity contribution in [1.82, 2.24) is 14.7 Å². The number of piperazine rings is 2. The van der Waals surface area contributed by atoms with Crippen LogP contribution in [0.2, 0.25) is 0 Å². The molecule has 128 valence electrons. The Morgan fingerprint density at radius 2 is 1.75 bits per heavy atom. The summed E-state index contributed by atoms with van der Waals surface area (Å²) < 4.78 is 0. The highest BCUT2D eigenvalue weighted by Crippen LogP contribution is 2.29. The molecule has 4 rings (SSSR count). The first-order chi connectivity index (χ1) is 11.5. The summed E-state index contributed by atoms with van der Waals surface area (Å²) in [6, 6.07) is 6.06. The van der Waals surface area contributed by atoms with Gasteiger partial charge in [0.25, 0.3) is 0 Å². The van der Waals surface area contributed by atoms with Crippen LogP contribution in [0.15, 0.2) is 18.2 Å². The van der Waals surface area contributed by atoms with Crippen LogP contribution < -0.4 is 0 Å². The summed E-state index contributed by atoms with van der Waals surface area (Å²) in [6.45, 7) is 8.01. The summed E-state index contributed by atoms with van der Waals surface area (Å²) in [7, 11) is 0. The molecule has 0 radical (unpaired) electrons. The van der Waals surface area contributed by atoms with Crippen molar-refractivity contribution in [3.8, 4) is 0 Å². The van der Waals surface area contributed by atoms with Gasteiger partial charge in [0, 0.05) is 32.7 Å². The van der Waals surface area contributed by atoms with E-state index in [-0.39, 0.29) is 23.9 Å². The standard InChI is InChI=1S/C19H25N3O2/c1-13-5-6-15(14(2)10-13)11-20-8-9-22-17(12-20)19(24)21-7-3-4-16(21)18(22)23/h5-6,10,16-17H,3-4,7-9,11-12H2,1-2H3/t16-,17+/m0/s1. The number of benzene rings is 1. The fourth-order valence-corrected chi connectivity index (χ4v) is 4.39. The van der Waals surface area contributed by atoms with Crippen LogP contribution >= 0.6 is 0 Å². The van der Waals surface area contributed by atoms with Gasteiger partial charge in [0.05, 0.1) is 0 Å². The van der Waals surface area contributed by atoms with E-state index in [9.17, 15) is 9.59 Å². The number of rotatable bonds is 2. The van der Waals surface area contributed by atoms with Crippen LogP contribution in [0.5, 0.6) is 0 Å². The second-order valence-electron chi connectivity index (χ2n) is 7.40. The largest absolute Gasteiger partial charge is 0.329 e. The van der Waals surface area contributed by atoms with Crippen molar-refractivity contribution < 1.29 is 9.59 Å². The Morgan fingerprint density at radius 1 is 1.00 bits per heavy atom. The molecular weight excluding hydrogens is 302 g/mol. The van der Waals surface area contributed by atoms with Crippen molar-refractivity contribution in [1.29, 1.82) is 0 Å². The topological polar surface area (TPSA) is 43.9 Å². The Kier molecular flexibility index (Phi) is 3.83. The van der Waals surface area contributed by atoms with Crippen molar-refractivity contribution in [2.24, 2.45) is 0 Å². The molecule has 2 atom stereocenters. The Morgan fingerprint density at radius 3 is 2.54 bits per heavy atom. The van der Waals surface area contributed by atoms with Gasteiger partial charge in [0.15, 0.2) is 0 Å². The molecule has 1 aromatic rings. The molecule has 2 amide bonds. The molecule has 5 nitrogen and oxygen atoms in total. The predicted molar refractivity (Wildman–Crippen MR) is 91.4 cm³/mol. The minimum atomic E-state index is -0.286. The number of nitrogens with zero attached hydrogens (tertiary/aromatic N) is 3. The van der Waals surface area contributed by atoms with Gasteiger partial charge in [0.1, 0.15) is 12.1 Å². The Balaban J connectivity index is 1.50. The first-order valence-electron chi connectivity index (χ1n) is 8.94. The third-order valence-electron chi connectivity index (χ3n) is 5.75. The number of aryl methyl sites for hydroxylation is 2. The maximum absolute atomic E-state index is 12.8. The lowest BCUT2D eigenvalue weighted by molar-refractivity contribution is -0.163. The molecule has 24 heavy (non-hydrogen) atoms. The van der Waals surface area contributed by atoms with E-state index in [1.807, 2.05) is 9.80 Å². The number of hydrogen-bond donors (Lipinski definition) is 0. The smallest absolute Gasteiger partial charge is 0.247 e. The maximum Gasteiger partial charge on any atom is 0.247 e. The molecule has 0 aromatic heterocycles. The van der Waals surface area contributed by atoms with Crippen molar-refractivity contribution in [2.75, 3.05) is 26.2 Å². The number of amides is 2. The van der Waals surface area contributed by atoms with Gasteiger partial charge < -0.3 is 9.80 Å². The van der Waals surface area contributed by atoms with Crippen molar-refractivity contribution in [3.63, 3.8) is 0 Å². The van der Waals surface area contributed by atoms with Gasteiger partial charge in [-0.2, -0.15) is 0 Å². The summed E-state index contributed by atoms with van der Waals surface area (Å²) in [5, 5.41) is 0. The zero-order valence-corrected chi connectivity index (χ0v) is 14.5. The van der Waals surface area contributed by atoms with E-state index in [0.29, 0.717) is 13.1 Å². The lowest BCUT2D eigenvalue weighted by Crippen LogP contribution is -2.68. The van der Waals surface area contributed by atoms with Gasteiger partial charge in [-0.25, -0.2) is 0 Å². The van der Waals surface area contributed by atoms with Crippen LogP contribution in [0.25, 0.3) is 0 Å². The molecule has 0 aliphatic carbocycles. The van der Waals surface area contributed by atoms with Gasteiger partial charge in [0.2, 0.25) is 11.8 Å². The van der Waals surface area contributed by atoms with Gasteiger partial charge in [-0.05, 0) is 37.8 Å². The van der Waals surface area contributed by atoms with Crippen LogP contribution in [-0.4, -0.2) is 64.8 Å². The number of hydrogen-bond acceptors (Lipinski definition) is 3. The lowest BCUT2D eigenvalue weighted by atomic mass is 10.0. The molecule has 0 N–H and O–H groups in total. The van der Waals surface area contributed by atoms with E-state index in [1.165, 1.54) is 16.7 Å². The van der Waals surface area contributed by atoms with E-state index >= 15 is 0 Å². The fraction of sp³-hybridized carbons (Fsp3) is 0.579. The Hall–Kier alpha value is -1.88. The Labute approximate surface area is 143 Å². The van der Waals surface area contributed by atoms with Crippen LogP contribution in [0.4, 0.5) is 0 Å². The molecule has 3 saturated heterocycles. The molecule has 3 heterocycles. The molecule has 0 saturated carbocycles. The van der Waals surface area contributed by atoms with E-state index in [0.717, 1.165) is 32.5 Å². The van der Waals surface area contributed by atoms with Crippen LogP contribution in [0, 0.1) is 13.8 Å². The van der Waals surface area contributed by atoms with E-state index in [2.05, 4.69) is 36.9 Å². The van der Waals surface area contributed by atoms with Crippen LogP contribution in [0.1, 0.15) is 29.5 Å². The first-order valence-corrected chi connectivity index (χ1v) is 8.94. The van der Waals surface area contributed by atoms with E-state index in [1.54, 1.807) is 0 Å². The van der Waals surface area contributed by atoms with Gasteiger partial charge >= 0.3 is 0 Å². The molecule has 0 unspecified atom stereocenters. The molecule has 0 spiro atoms. The first kappa shape index (κ1) is 15.6.